The minimum absolute atomic E-state index is 0.527. The lowest BCUT2D eigenvalue weighted by atomic mass is 10.1. The lowest BCUT2D eigenvalue weighted by Crippen LogP contribution is -2.45. The number of hydrogen-bond donors (Lipinski definition) is 1. The summed E-state index contributed by atoms with van der Waals surface area (Å²) >= 11 is 1.83. The molecule has 108 valence electrons. The van der Waals surface area contributed by atoms with E-state index in [9.17, 15) is 0 Å². The van der Waals surface area contributed by atoms with Crippen LogP contribution in [0.4, 0.5) is 5.13 Å². The summed E-state index contributed by atoms with van der Waals surface area (Å²) in [5, 5.41) is 4.64. The highest BCUT2D eigenvalue weighted by atomic mass is 32.1. The third kappa shape index (κ3) is 4.16. The molecule has 4 nitrogen and oxygen atoms in total. The number of piperidine rings is 1. The standard InChI is InChI=1S/C14H26N4S/c1-11(2)15-8-13-9-16-14(19-13)18-7-5-6-12(10-18)17(3)4/h9,11-12,15H,5-8,10H2,1-4H3. The Labute approximate surface area is 120 Å². The molecule has 0 saturated carbocycles. The zero-order valence-electron chi connectivity index (χ0n) is 12.5. The van der Waals surface area contributed by atoms with Gasteiger partial charge in [-0.2, -0.15) is 0 Å². The molecular weight excluding hydrogens is 256 g/mol. The Morgan fingerprint density at radius 2 is 2.32 bits per heavy atom. The number of aromatic nitrogens is 1. The van der Waals surface area contributed by atoms with Crippen LogP contribution < -0.4 is 10.2 Å². The number of thiazole rings is 1. The van der Waals surface area contributed by atoms with E-state index in [1.165, 1.54) is 22.9 Å². The second-order valence-electron chi connectivity index (χ2n) is 5.85. The first-order valence-corrected chi connectivity index (χ1v) is 7.97. The van der Waals surface area contributed by atoms with E-state index in [1.54, 1.807) is 0 Å². The molecule has 19 heavy (non-hydrogen) atoms. The Hall–Kier alpha value is -0.650. The van der Waals surface area contributed by atoms with Gasteiger partial charge in [-0.1, -0.05) is 13.8 Å². The summed E-state index contributed by atoms with van der Waals surface area (Å²) in [5.41, 5.74) is 0. The molecule has 0 aliphatic carbocycles. The van der Waals surface area contributed by atoms with E-state index >= 15 is 0 Å². The number of rotatable bonds is 5. The van der Waals surface area contributed by atoms with Gasteiger partial charge in [-0.25, -0.2) is 4.98 Å². The summed E-state index contributed by atoms with van der Waals surface area (Å²) in [6, 6.07) is 1.19. The van der Waals surface area contributed by atoms with Crippen LogP contribution in [0.15, 0.2) is 6.20 Å². The highest BCUT2D eigenvalue weighted by Crippen LogP contribution is 2.26. The molecule has 1 saturated heterocycles. The van der Waals surface area contributed by atoms with Crippen LogP contribution in [-0.4, -0.2) is 49.2 Å². The van der Waals surface area contributed by atoms with E-state index in [4.69, 9.17) is 0 Å². The molecule has 0 amide bonds. The van der Waals surface area contributed by atoms with Crippen molar-refractivity contribution in [1.82, 2.24) is 15.2 Å². The largest absolute Gasteiger partial charge is 0.347 e. The Kier molecular flexibility index (Phi) is 5.19. The van der Waals surface area contributed by atoms with Crippen molar-refractivity contribution in [3.8, 4) is 0 Å². The molecule has 1 atom stereocenters. The Balaban J connectivity index is 1.94. The lowest BCUT2D eigenvalue weighted by molar-refractivity contribution is 0.258. The van der Waals surface area contributed by atoms with Crippen molar-refractivity contribution in [2.45, 2.75) is 45.3 Å². The molecule has 1 unspecified atom stereocenters. The molecule has 1 aliphatic rings. The van der Waals surface area contributed by atoms with Gasteiger partial charge < -0.3 is 15.1 Å². The van der Waals surface area contributed by atoms with Crippen molar-refractivity contribution in [3.63, 3.8) is 0 Å². The topological polar surface area (TPSA) is 31.4 Å². The van der Waals surface area contributed by atoms with Crippen LogP contribution >= 0.6 is 11.3 Å². The van der Waals surface area contributed by atoms with Gasteiger partial charge in [-0.05, 0) is 26.9 Å². The molecular formula is C14H26N4S. The van der Waals surface area contributed by atoms with Gasteiger partial charge in [0.2, 0.25) is 0 Å². The fourth-order valence-electron chi connectivity index (χ4n) is 2.38. The Morgan fingerprint density at radius 1 is 1.53 bits per heavy atom. The first-order valence-electron chi connectivity index (χ1n) is 7.15. The van der Waals surface area contributed by atoms with Crippen LogP contribution in [0.3, 0.4) is 0 Å². The second kappa shape index (κ2) is 6.68. The SMILES string of the molecule is CC(C)NCc1cnc(N2CCCC(N(C)C)C2)s1. The molecule has 5 heteroatoms. The number of likely N-dealkylation sites (N-methyl/N-ethyl adjacent to an activating group) is 1. The third-order valence-electron chi connectivity index (χ3n) is 3.62. The molecule has 2 rings (SSSR count). The lowest BCUT2D eigenvalue weighted by Gasteiger charge is -2.35. The fraction of sp³-hybridized carbons (Fsp3) is 0.786. The third-order valence-corrected chi connectivity index (χ3v) is 4.68. The fourth-order valence-corrected chi connectivity index (χ4v) is 3.28. The number of anilines is 1. The van der Waals surface area contributed by atoms with E-state index < -0.39 is 0 Å². The highest BCUT2D eigenvalue weighted by Gasteiger charge is 2.23. The maximum atomic E-state index is 4.60. The summed E-state index contributed by atoms with van der Waals surface area (Å²) in [4.78, 5) is 10.7. The predicted molar refractivity (Wildman–Crippen MR) is 83.0 cm³/mol. The van der Waals surface area contributed by atoms with Crippen LogP contribution in [0.5, 0.6) is 0 Å². The highest BCUT2D eigenvalue weighted by molar-refractivity contribution is 7.15. The van der Waals surface area contributed by atoms with E-state index in [0.717, 1.165) is 19.6 Å². The predicted octanol–water partition coefficient (Wildman–Crippen LogP) is 2.17. The summed E-state index contributed by atoms with van der Waals surface area (Å²) < 4.78 is 0. The van der Waals surface area contributed by atoms with Gasteiger partial charge >= 0.3 is 0 Å². The number of nitrogens with one attached hydrogen (secondary N) is 1. The monoisotopic (exact) mass is 282 g/mol. The Bertz CT molecular complexity index is 389. The first kappa shape index (κ1) is 14.8. The second-order valence-corrected chi connectivity index (χ2v) is 6.94. The summed E-state index contributed by atoms with van der Waals surface area (Å²) in [5.74, 6) is 0. The van der Waals surface area contributed by atoms with E-state index in [2.05, 4.69) is 48.0 Å². The maximum Gasteiger partial charge on any atom is 0.185 e. The van der Waals surface area contributed by atoms with Gasteiger partial charge in [0.25, 0.3) is 0 Å². The first-order chi connectivity index (χ1) is 9.06. The van der Waals surface area contributed by atoms with Crippen molar-refractivity contribution < 1.29 is 0 Å². The van der Waals surface area contributed by atoms with Crippen molar-refractivity contribution >= 4 is 16.5 Å². The normalized spacial score (nSPS) is 20.5. The maximum absolute atomic E-state index is 4.60. The van der Waals surface area contributed by atoms with Crippen molar-refractivity contribution in [2.24, 2.45) is 0 Å². The molecule has 1 N–H and O–H groups in total. The van der Waals surface area contributed by atoms with Crippen LogP contribution in [-0.2, 0) is 6.54 Å². The van der Waals surface area contributed by atoms with Crippen molar-refractivity contribution in [3.05, 3.63) is 11.1 Å². The molecule has 0 aromatic carbocycles. The minimum Gasteiger partial charge on any atom is -0.347 e. The molecule has 2 heterocycles. The molecule has 1 aromatic rings. The summed E-state index contributed by atoms with van der Waals surface area (Å²) in [6.45, 7) is 7.54. The van der Waals surface area contributed by atoms with Gasteiger partial charge in [0, 0.05) is 42.8 Å². The number of nitrogens with zero attached hydrogens (tertiary/aromatic N) is 3. The quantitative estimate of drug-likeness (QED) is 0.897. The minimum atomic E-state index is 0.527. The Morgan fingerprint density at radius 3 is 3.00 bits per heavy atom. The van der Waals surface area contributed by atoms with Crippen molar-refractivity contribution in [2.75, 3.05) is 32.1 Å². The molecule has 1 fully saturated rings. The summed E-state index contributed by atoms with van der Waals surface area (Å²) in [6.07, 6.45) is 4.59. The molecule has 1 aliphatic heterocycles. The van der Waals surface area contributed by atoms with Crippen LogP contribution in [0.2, 0.25) is 0 Å². The molecule has 1 aromatic heterocycles. The molecule has 0 radical (unpaired) electrons. The van der Waals surface area contributed by atoms with Gasteiger partial charge in [0.1, 0.15) is 0 Å². The van der Waals surface area contributed by atoms with Gasteiger partial charge in [-0.3, -0.25) is 0 Å². The van der Waals surface area contributed by atoms with E-state index in [1.807, 2.05) is 17.5 Å². The van der Waals surface area contributed by atoms with Crippen LogP contribution in [0.25, 0.3) is 0 Å². The zero-order valence-corrected chi connectivity index (χ0v) is 13.3. The molecule has 0 spiro atoms. The molecule has 0 bridgehead atoms. The van der Waals surface area contributed by atoms with Crippen LogP contribution in [0.1, 0.15) is 31.6 Å². The van der Waals surface area contributed by atoms with Gasteiger partial charge in [-0.15, -0.1) is 11.3 Å². The smallest absolute Gasteiger partial charge is 0.185 e. The van der Waals surface area contributed by atoms with Gasteiger partial charge in [0.15, 0.2) is 5.13 Å². The van der Waals surface area contributed by atoms with E-state index in [0.29, 0.717) is 12.1 Å². The van der Waals surface area contributed by atoms with Crippen LogP contribution in [0, 0.1) is 0 Å². The zero-order chi connectivity index (χ0) is 13.8. The average Bonchev–Trinajstić information content (AvgIpc) is 2.85. The van der Waals surface area contributed by atoms with Crippen molar-refractivity contribution in [1.29, 1.82) is 0 Å². The summed E-state index contributed by atoms with van der Waals surface area (Å²) in [7, 11) is 4.35. The number of hydrogen-bond acceptors (Lipinski definition) is 5. The van der Waals surface area contributed by atoms with E-state index in [-0.39, 0.29) is 0 Å². The van der Waals surface area contributed by atoms with Gasteiger partial charge in [0.05, 0.1) is 0 Å². The average molecular weight is 282 g/mol.